The van der Waals surface area contributed by atoms with Gasteiger partial charge in [0.2, 0.25) is 0 Å². The van der Waals surface area contributed by atoms with E-state index in [1.54, 1.807) is 0 Å². The molecule has 0 aliphatic rings. The molecule has 0 heterocycles. The van der Waals surface area contributed by atoms with Crippen LogP contribution in [-0.4, -0.2) is 0 Å². The van der Waals surface area contributed by atoms with E-state index in [-0.39, 0.29) is 40.8 Å². The van der Waals surface area contributed by atoms with Crippen molar-refractivity contribution in [3.05, 3.63) is 151 Å². The Labute approximate surface area is 256 Å². The molecule has 0 fully saturated rings. The first-order chi connectivity index (χ1) is 18.4. The average molecular weight is 888 g/mol. The van der Waals surface area contributed by atoms with E-state index >= 15 is 0 Å². The number of hydrogen-bond acceptors (Lipinski definition) is 0. The van der Waals surface area contributed by atoms with E-state index in [0.29, 0.717) is 0 Å². The predicted octanol–water partition coefficient (Wildman–Crippen LogP) is 2.83. The van der Waals surface area contributed by atoms with Crippen LogP contribution in [0.3, 0.4) is 0 Å². The molecule has 196 valence electrons. The van der Waals surface area contributed by atoms with E-state index in [9.17, 15) is 0 Å². The van der Waals surface area contributed by atoms with Gasteiger partial charge in [0.15, 0.2) is 0 Å². The van der Waals surface area contributed by atoms with Crippen LogP contribution < -0.4 is 15.9 Å². The summed E-state index contributed by atoms with van der Waals surface area (Å²) in [6.45, 7) is 40.5. The van der Waals surface area contributed by atoms with Gasteiger partial charge in [-0.3, -0.25) is 0 Å². The van der Waals surface area contributed by atoms with Crippen LogP contribution in [-0.2, 0) is 82.7 Å². The molecular formula is C27H16O9PRe2+. The van der Waals surface area contributed by atoms with Crippen molar-refractivity contribution in [1.82, 2.24) is 0 Å². The van der Waals surface area contributed by atoms with Crippen molar-refractivity contribution < 1.29 is 82.7 Å². The van der Waals surface area contributed by atoms with Gasteiger partial charge in [0.1, 0.15) is 15.9 Å². The van der Waals surface area contributed by atoms with Crippen LogP contribution >= 0.6 is 7.92 Å². The summed E-state index contributed by atoms with van der Waals surface area (Å²) in [5.41, 5.74) is 0. The maximum Gasteiger partial charge on any atom is 0.102 e. The van der Waals surface area contributed by atoms with Crippen LogP contribution in [0.4, 0.5) is 0 Å². The van der Waals surface area contributed by atoms with Gasteiger partial charge in [-0.05, 0) is 36.4 Å². The van der Waals surface area contributed by atoms with Crippen molar-refractivity contribution in [2.24, 2.45) is 0 Å². The zero-order chi connectivity index (χ0) is 30.9. The van der Waals surface area contributed by atoms with Gasteiger partial charge < -0.3 is 0 Å². The van der Waals surface area contributed by atoms with Crippen LogP contribution in [0.25, 0.3) is 0 Å². The SMILES string of the molecule is [C-]#[O+].[C-]#[O+].[C-]#[O+].[C-]#[O+].[C-]#[O+].[C-]#[O+].[C-]#[O+].[C-]#[O+].[C-]#[O+].[Re].[Re].c1ccc([PH+](c2ccccc2)c2ccccc2)cc1. The van der Waals surface area contributed by atoms with Gasteiger partial charge in [-0.2, -0.15) is 0 Å². The van der Waals surface area contributed by atoms with Gasteiger partial charge in [-0.25, -0.2) is 0 Å². The van der Waals surface area contributed by atoms with Crippen molar-refractivity contribution in [2.75, 3.05) is 0 Å². The fraction of sp³-hybridized carbons (Fsp3) is 0. The Balaban J connectivity index is -0.0000000554. The second-order valence-electron chi connectivity index (χ2n) is 4.47. The van der Waals surface area contributed by atoms with Gasteiger partial charge in [-0.1, -0.05) is 54.6 Å². The van der Waals surface area contributed by atoms with E-state index in [1.165, 1.54) is 15.9 Å². The van der Waals surface area contributed by atoms with Crippen LogP contribution in [0.15, 0.2) is 91.0 Å². The molecule has 12 heteroatoms. The molecule has 0 amide bonds. The molecule has 0 aliphatic carbocycles. The summed E-state index contributed by atoms with van der Waals surface area (Å²) < 4.78 is 67.5. The predicted molar refractivity (Wildman–Crippen MR) is 122 cm³/mol. The summed E-state index contributed by atoms with van der Waals surface area (Å²) >= 11 is 0. The van der Waals surface area contributed by atoms with E-state index in [2.05, 4.69) is 151 Å². The molecule has 0 atom stereocenters. The van der Waals surface area contributed by atoms with Gasteiger partial charge >= 0.3 is 102 Å². The van der Waals surface area contributed by atoms with Crippen molar-refractivity contribution in [3.8, 4) is 0 Å². The van der Waals surface area contributed by atoms with Gasteiger partial charge in [0, 0.05) is 40.8 Å². The average Bonchev–Trinajstić information content (AvgIpc) is 3.07. The standard InChI is InChI=1S/C18H15P.9CO.2Re/c1-4-10-16(11-5-1)19(17-12-6-2-7-13-17)18-14-8-3-9-15-18;9*1-2;;/h1-15H;;;;;;;;;;;/p+1. The summed E-state index contributed by atoms with van der Waals surface area (Å²) in [6, 6.07) is 32.5. The second kappa shape index (κ2) is 70.3. The van der Waals surface area contributed by atoms with Crippen LogP contribution in [0.2, 0.25) is 0 Å². The first-order valence-electron chi connectivity index (χ1n) is 8.32. The largest absolute Gasteiger partial charge is 0.102 e. The zero-order valence-electron chi connectivity index (χ0n) is 19.6. The van der Waals surface area contributed by atoms with E-state index in [0.717, 1.165) is 0 Å². The molecule has 0 aliphatic heterocycles. The summed E-state index contributed by atoms with van der Waals surface area (Å²) in [5.74, 6) is 0. The molecule has 0 saturated heterocycles. The Hall–Kier alpha value is -2.93. The molecule has 3 aromatic carbocycles. The molecule has 0 N–H and O–H groups in total. The Morgan fingerprint density at radius 2 is 0.410 bits per heavy atom. The van der Waals surface area contributed by atoms with Crippen LogP contribution in [0, 0.1) is 59.9 Å². The molecule has 0 aromatic heterocycles. The molecule has 3 aromatic rings. The van der Waals surface area contributed by atoms with Crippen LogP contribution in [0.1, 0.15) is 0 Å². The first kappa shape index (κ1) is 60.5. The Morgan fingerprint density at radius 3 is 0.538 bits per heavy atom. The third-order valence-electron chi connectivity index (χ3n) is 3.19. The molecule has 0 spiro atoms. The van der Waals surface area contributed by atoms with Crippen molar-refractivity contribution >= 4 is 23.8 Å². The monoisotopic (exact) mass is 889 g/mol. The summed E-state index contributed by atoms with van der Waals surface area (Å²) in [5, 5.41) is 4.31. The van der Waals surface area contributed by atoms with E-state index in [4.69, 9.17) is 41.9 Å². The van der Waals surface area contributed by atoms with E-state index in [1.807, 2.05) is 0 Å². The van der Waals surface area contributed by atoms with E-state index < -0.39 is 7.92 Å². The maximum absolute atomic E-state index is 7.50. The smallest absolute Gasteiger partial charge is 0.0620 e. The van der Waals surface area contributed by atoms with Crippen molar-refractivity contribution in [3.63, 3.8) is 0 Å². The molecular weight excluding hydrogens is 872 g/mol. The quantitative estimate of drug-likeness (QED) is 0.214. The van der Waals surface area contributed by atoms with Crippen molar-refractivity contribution in [1.29, 1.82) is 0 Å². The molecule has 0 bridgehead atoms. The molecule has 9 nitrogen and oxygen atoms in total. The second-order valence-corrected chi connectivity index (χ2v) is 6.96. The Morgan fingerprint density at radius 1 is 0.282 bits per heavy atom. The van der Waals surface area contributed by atoms with Gasteiger partial charge in [0.25, 0.3) is 0 Å². The third kappa shape index (κ3) is 35.1. The molecule has 3 rings (SSSR count). The van der Waals surface area contributed by atoms with Gasteiger partial charge in [-0.15, -0.1) is 0 Å². The first-order valence-corrected chi connectivity index (χ1v) is 9.82. The zero-order valence-corrected chi connectivity index (χ0v) is 26.0. The minimum Gasteiger partial charge on any atom is -0.0620 e. The topological polar surface area (TPSA) is 179 Å². The summed E-state index contributed by atoms with van der Waals surface area (Å²) in [7, 11) is -0.877. The molecule has 39 heavy (non-hydrogen) atoms. The molecule has 0 saturated carbocycles. The fourth-order valence-electron chi connectivity index (χ4n) is 2.31. The number of hydrogen-bond donors (Lipinski definition) is 0. The summed E-state index contributed by atoms with van der Waals surface area (Å²) in [4.78, 5) is 0. The number of rotatable bonds is 3. The van der Waals surface area contributed by atoms with Crippen LogP contribution in [0.5, 0.6) is 0 Å². The molecule has 2 radical (unpaired) electrons. The van der Waals surface area contributed by atoms with Gasteiger partial charge in [0.05, 0.1) is 7.92 Å². The third-order valence-corrected chi connectivity index (χ3v) is 5.92. The normalized spacial score (nSPS) is 5.62. The Bertz CT molecular complexity index is 848. The molecule has 0 unspecified atom stereocenters. The Kier molecular flexibility index (Phi) is 109. The minimum absolute atomic E-state index is 0. The maximum atomic E-state index is 7.50. The fourth-order valence-corrected chi connectivity index (χ4v) is 4.89. The van der Waals surface area contributed by atoms with Crippen molar-refractivity contribution in [2.45, 2.75) is 0 Å². The summed E-state index contributed by atoms with van der Waals surface area (Å²) in [6.07, 6.45) is 0. The number of benzene rings is 3. The minimum atomic E-state index is -0.877.